The van der Waals surface area contributed by atoms with E-state index < -0.39 is 5.79 Å². The first kappa shape index (κ1) is 22.7. The maximum atomic E-state index is 4.90. The van der Waals surface area contributed by atoms with Crippen LogP contribution in [0.1, 0.15) is 47.0 Å². The van der Waals surface area contributed by atoms with Gasteiger partial charge < -0.3 is 10.6 Å². The van der Waals surface area contributed by atoms with Gasteiger partial charge in [-0.2, -0.15) is 0 Å². The molecule has 36 heavy (non-hydrogen) atoms. The summed E-state index contributed by atoms with van der Waals surface area (Å²) in [6.07, 6.45) is 9.01. The van der Waals surface area contributed by atoms with Crippen molar-refractivity contribution in [1.82, 2.24) is 26.0 Å². The molecule has 0 saturated carbocycles. The number of aryl methyl sites for hydroxylation is 2. The second kappa shape index (κ2) is 9.06. The third kappa shape index (κ3) is 4.46. The Labute approximate surface area is 212 Å². The van der Waals surface area contributed by atoms with Crippen LogP contribution < -0.4 is 16.0 Å². The summed E-state index contributed by atoms with van der Waals surface area (Å²) >= 11 is 0. The van der Waals surface area contributed by atoms with E-state index in [4.69, 9.17) is 4.99 Å². The fraction of sp³-hybridized carbons (Fsp3) is 0.345. The minimum absolute atomic E-state index is 0.345. The van der Waals surface area contributed by atoms with Gasteiger partial charge in [0.1, 0.15) is 0 Å². The molecule has 0 amide bonds. The third-order valence-electron chi connectivity index (χ3n) is 7.74. The summed E-state index contributed by atoms with van der Waals surface area (Å²) in [7, 11) is 0. The Morgan fingerprint density at radius 3 is 2.67 bits per heavy atom. The number of allylic oxidation sites excluding steroid dienone is 2. The first-order valence-electron chi connectivity index (χ1n) is 12.8. The Balaban J connectivity index is 1.11. The van der Waals surface area contributed by atoms with Gasteiger partial charge in [-0.3, -0.25) is 15.4 Å². The molecule has 184 valence electrons. The maximum Gasteiger partial charge on any atom is 0.181 e. The van der Waals surface area contributed by atoms with Crippen molar-refractivity contribution in [3.05, 3.63) is 94.6 Å². The fourth-order valence-electron chi connectivity index (χ4n) is 5.66. The lowest BCUT2D eigenvalue weighted by Gasteiger charge is -2.33. The van der Waals surface area contributed by atoms with Crippen molar-refractivity contribution in [1.29, 1.82) is 0 Å². The monoisotopic (exact) mass is 479 g/mol. The lowest BCUT2D eigenvalue weighted by atomic mass is 9.87. The van der Waals surface area contributed by atoms with Gasteiger partial charge in [-0.1, -0.05) is 42.1 Å². The molecule has 0 bridgehead atoms. The van der Waals surface area contributed by atoms with Gasteiger partial charge in [0, 0.05) is 47.8 Å². The Morgan fingerprint density at radius 1 is 1.11 bits per heavy atom. The van der Waals surface area contributed by atoms with Gasteiger partial charge in [0.15, 0.2) is 5.79 Å². The molecule has 7 nitrogen and oxygen atoms in total. The number of aromatic nitrogens is 3. The van der Waals surface area contributed by atoms with E-state index in [-0.39, 0.29) is 0 Å². The van der Waals surface area contributed by atoms with Crippen LogP contribution >= 0.6 is 0 Å². The highest BCUT2D eigenvalue weighted by molar-refractivity contribution is 6.11. The zero-order valence-electron chi connectivity index (χ0n) is 20.9. The number of hydrogen-bond acceptors (Lipinski definition) is 6. The summed E-state index contributed by atoms with van der Waals surface area (Å²) in [6, 6.07) is 15.5. The molecule has 2 aromatic carbocycles. The number of fused-ring (bicyclic) bond motifs is 2. The van der Waals surface area contributed by atoms with Crippen molar-refractivity contribution in [3.8, 4) is 0 Å². The van der Waals surface area contributed by atoms with Gasteiger partial charge in [-0.25, -0.2) is 0 Å². The predicted molar refractivity (Wildman–Crippen MR) is 145 cm³/mol. The molecule has 2 atom stereocenters. The van der Waals surface area contributed by atoms with Gasteiger partial charge in [-0.05, 0) is 73.9 Å². The molecule has 2 aliphatic carbocycles. The van der Waals surface area contributed by atoms with E-state index in [9.17, 15) is 0 Å². The highest BCUT2D eigenvalue weighted by atomic mass is 15.3. The average Bonchev–Trinajstić information content (AvgIpc) is 3.51. The summed E-state index contributed by atoms with van der Waals surface area (Å²) in [5.74, 6) is -0.173. The molecule has 3 aliphatic rings. The molecule has 0 unspecified atom stereocenters. The smallest absolute Gasteiger partial charge is 0.181 e. The van der Waals surface area contributed by atoms with E-state index in [1.807, 2.05) is 6.21 Å². The van der Waals surface area contributed by atoms with Gasteiger partial charge in [0.05, 0.1) is 11.4 Å². The number of nitrogens with one attached hydrogen (secondary N) is 4. The number of aliphatic imine (C=N–C) groups is 1. The summed E-state index contributed by atoms with van der Waals surface area (Å²) in [6.45, 7) is 8.58. The van der Waals surface area contributed by atoms with Gasteiger partial charge in [0.2, 0.25) is 0 Å². The lowest BCUT2D eigenvalue weighted by Crippen LogP contribution is -2.56. The van der Waals surface area contributed by atoms with Crippen LogP contribution in [0.5, 0.6) is 0 Å². The Bertz CT molecular complexity index is 1340. The van der Waals surface area contributed by atoms with E-state index in [2.05, 4.69) is 100 Å². The lowest BCUT2D eigenvalue weighted by molar-refractivity contribution is 0.290. The minimum Gasteiger partial charge on any atom is -0.359 e. The zero-order chi connectivity index (χ0) is 24.7. The van der Waals surface area contributed by atoms with Crippen LogP contribution in [0.15, 0.2) is 65.9 Å². The van der Waals surface area contributed by atoms with E-state index >= 15 is 0 Å². The predicted octanol–water partition coefficient (Wildman–Crippen LogP) is 4.29. The number of anilines is 1. The SMILES string of the molecule is C=C(Nc1ccc(C)c(C2=CN[C@@](C)(NC3Cc4ccccc4C3)N=C2)c1)[C@H]1CCc2[nH]nnc2C1. The normalized spacial score (nSPS) is 22.9. The molecule has 7 heteroatoms. The van der Waals surface area contributed by atoms with E-state index in [1.165, 1.54) is 16.7 Å². The molecule has 1 aromatic heterocycles. The molecule has 0 fully saturated rings. The maximum absolute atomic E-state index is 4.90. The molecular formula is C29H33N7. The average molecular weight is 480 g/mol. The molecule has 1 aliphatic heterocycles. The Morgan fingerprint density at radius 2 is 1.92 bits per heavy atom. The number of benzene rings is 2. The highest BCUT2D eigenvalue weighted by Gasteiger charge is 2.31. The van der Waals surface area contributed by atoms with Crippen molar-refractivity contribution in [2.75, 3.05) is 5.32 Å². The van der Waals surface area contributed by atoms with Crippen LogP contribution in [-0.2, 0) is 25.7 Å². The van der Waals surface area contributed by atoms with E-state index in [0.29, 0.717) is 12.0 Å². The van der Waals surface area contributed by atoms with Gasteiger partial charge in [0.25, 0.3) is 0 Å². The zero-order valence-corrected chi connectivity index (χ0v) is 20.9. The minimum atomic E-state index is -0.519. The molecule has 3 aromatic rings. The number of aromatic amines is 1. The van der Waals surface area contributed by atoms with Crippen molar-refractivity contribution in [2.24, 2.45) is 10.9 Å². The number of hydrogen-bond donors (Lipinski definition) is 4. The van der Waals surface area contributed by atoms with Crippen molar-refractivity contribution in [3.63, 3.8) is 0 Å². The van der Waals surface area contributed by atoms with E-state index in [1.54, 1.807) is 0 Å². The van der Waals surface area contributed by atoms with Crippen LogP contribution in [0.4, 0.5) is 5.69 Å². The van der Waals surface area contributed by atoms with E-state index in [0.717, 1.165) is 66.0 Å². The summed E-state index contributed by atoms with van der Waals surface area (Å²) in [5.41, 5.74) is 10.6. The molecule has 0 radical (unpaired) electrons. The Kier molecular flexibility index (Phi) is 5.72. The number of H-pyrrole nitrogens is 1. The number of rotatable bonds is 6. The topological polar surface area (TPSA) is 90.0 Å². The van der Waals surface area contributed by atoms with Crippen LogP contribution in [-0.4, -0.2) is 33.5 Å². The standard InChI is InChI=1S/C29H33N7/c1-18-8-10-24(32-19(2)20-9-11-27-28(14-20)35-36-34-27)15-26(18)23-16-30-29(3,31-17-23)33-25-12-21-6-4-5-7-22(21)13-25/h4-8,10,15-17,20,25,30,32-33H,2,9,11-14H2,1,3H3,(H,34,35,36)/t20-,29+/m0/s1. The van der Waals surface area contributed by atoms with Gasteiger partial charge in [-0.15, -0.1) is 5.10 Å². The van der Waals surface area contributed by atoms with Gasteiger partial charge >= 0.3 is 0 Å². The molecule has 4 N–H and O–H groups in total. The largest absolute Gasteiger partial charge is 0.359 e. The first-order chi connectivity index (χ1) is 17.5. The van der Waals surface area contributed by atoms with Crippen LogP contribution in [0, 0.1) is 12.8 Å². The highest BCUT2D eigenvalue weighted by Crippen LogP contribution is 2.30. The molecule has 2 heterocycles. The van der Waals surface area contributed by atoms with Crippen LogP contribution in [0.2, 0.25) is 0 Å². The van der Waals surface area contributed by atoms with Crippen molar-refractivity contribution < 1.29 is 0 Å². The summed E-state index contributed by atoms with van der Waals surface area (Å²) < 4.78 is 0. The third-order valence-corrected chi connectivity index (χ3v) is 7.74. The van der Waals surface area contributed by atoms with Crippen molar-refractivity contribution in [2.45, 2.75) is 57.8 Å². The fourth-order valence-corrected chi connectivity index (χ4v) is 5.66. The molecule has 0 saturated heterocycles. The number of nitrogens with zero attached hydrogens (tertiary/aromatic N) is 3. The van der Waals surface area contributed by atoms with Crippen LogP contribution in [0.3, 0.4) is 0 Å². The Hall–Kier alpha value is -3.71. The second-order valence-electron chi connectivity index (χ2n) is 10.4. The molecular weight excluding hydrogens is 446 g/mol. The summed E-state index contributed by atoms with van der Waals surface area (Å²) in [4.78, 5) is 4.90. The molecule has 0 spiro atoms. The van der Waals surface area contributed by atoms with Crippen molar-refractivity contribution >= 4 is 17.5 Å². The summed E-state index contributed by atoms with van der Waals surface area (Å²) in [5, 5.41) is 22.0. The van der Waals surface area contributed by atoms with Crippen LogP contribution in [0.25, 0.3) is 5.57 Å². The second-order valence-corrected chi connectivity index (χ2v) is 10.4. The quantitative estimate of drug-likeness (QED) is 0.424. The first-order valence-corrected chi connectivity index (χ1v) is 12.8. The molecule has 6 rings (SSSR count).